The highest BCUT2D eigenvalue weighted by Crippen LogP contribution is 2.32. The molecule has 0 N–H and O–H groups in total. The highest BCUT2D eigenvalue weighted by molar-refractivity contribution is 7.13. The summed E-state index contributed by atoms with van der Waals surface area (Å²) in [7, 11) is 1.33. The summed E-state index contributed by atoms with van der Waals surface area (Å²) in [6, 6.07) is 5.12. The van der Waals surface area contributed by atoms with Crippen LogP contribution in [-0.4, -0.2) is 40.9 Å². The van der Waals surface area contributed by atoms with Gasteiger partial charge in [-0.25, -0.2) is 4.79 Å². The van der Waals surface area contributed by atoms with Crippen LogP contribution in [0.15, 0.2) is 23.0 Å². The van der Waals surface area contributed by atoms with Gasteiger partial charge >= 0.3 is 5.97 Å². The molecule has 1 saturated heterocycles. The lowest BCUT2D eigenvalue weighted by molar-refractivity contribution is -0.134. The van der Waals surface area contributed by atoms with Crippen LogP contribution >= 0.6 is 11.5 Å². The molecular formula is C19H22N2O4S. The highest BCUT2D eigenvalue weighted by Gasteiger charge is 2.35. The number of nitrogens with zero attached hydrogens (tertiary/aromatic N) is 2. The van der Waals surface area contributed by atoms with Gasteiger partial charge in [0, 0.05) is 25.6 Å². The fraction of sp³-hybridized carbons (Fsp3) is 0.526. The first-order valence-electron chi connectivity index (χ1n) is 9.08. The van der Waals surface area contributed by atoms with Gasteiger partial charge in [0.25, 0.3) is 5.56 Å². The molecule has 1 aliphatic heterocycles. The van der Waals surface area contributed by atoms with Crippen LogP contribution in [0, 0.1) is 11.8 Å². The highest BCUT2D eigenvalue weighted by atomic mass is 32.1. The Morgan fingerprint density at radius 1 is 1.19 bits per heavy atom. The van der Waals surface area contributed by atoms with Crippen molar-refractivity contribution in [3.8, 4) is 0 Å². The summed E-state index contributed by atoms with van der Waals surface area (Å²) in [5.74, 6) is 0.569. The number of rotatable bonds is 4. The first kappa shape index (κ1) is 17.3. The third-order valence-corrected chi connectivity index (χ3v) is 6.43. The number of piperidine rings is 1. The molecule has 0 spiro atoms. The normalized spacial score (nSPS) is 18.3. The molecule has 2 aromatic rings. The minimum atomic E-state index is -0.434. The zero-order valence-electron chi connectivity index (χ0n) is 14.8. The summed E-state index contributed by atoms with van der Waals surface area (Å²) < 4.78 is 7.39. The van der Waals surface area contributed by atoms with Crippen molar-refractivity contribution >= 4 is 33.5 Å². The van der Waals surface area contributed by atoms with Gasteiger partial charge < -0.3 is 9.64 Å². The zero-order valence-corrected chi connectivity index (χ0v) is 15.6. The number of fused-ring (bicyclic) bond motifs is 1. The lowest BCUT2D eigenvalue weighted by Crippen LogP contribution is -2.40. The molecule has 4 rings (SSSR count). The van der Waals surface area contributed by atoms with Gasteiger partial charge in [-0.05, 0) is 49.8 Å². The number of aromatic nitrogens is 1. The Labute approximate surface area is 155 Å². The van der Waals surface area contributed by atoms with Gasteiger partial charge in [0.05, 0.1) is 22.8 Å². The molecule has 1 saturated carbocycles. The SMILES string of the molecule is COC(=O)c1ccc2sn(CC3CCN(C(=O)C4CC4)CC3)c(=O)c2c1. The smallest absolute Gasteiger partial charge is 0.337 e. The molecule has 138 valence electrons. The summed E-state index contributed by atoms with van der Waals surface area (Å²) in [5.41, 5.74) is 0.348. The van der Waals surface area contributed by atoms with Crippen LogP contribution in [-0.2, 0) is 16.1 Å². The van der Waals surface area contributed by atoms with Gasteiger partial charge in [0.2, 0.25) is 5.91 Å². The summed E-state index contributed by atoms with van der Waals surface area (Å²) in [6.45, 7) is 2.27. The Kier molecular flexibility index (Phi) is 4.56. The van der Waals surface area contributed by atoms with E-state index in [4.69, 9.17) is 4.74 Å². The van der Waals surface area contributed by atoms with Crippen molar-refractivity contribution < 1.29 is 14.3 Å². The molecule has 26 heavy (non-hydrogen) atoms. The van der Waals surface area contributed by atoms with Crippen LogP contribution in [0.1, 0.15) is 36.0 Å². The van der Waals surface area contributed by atoms with E-state index in [1.807, 2.05) is 4.90 Å². The van der Waals surface area contributed by atoms with Crippen LogP contribution < -0.4 is 5.56 Å². The standard InChI is InChI=1S/C19H22N2O4S/c1-25-19(24)14-4-5-16-15(10-14)18(23)21(26-16)11-12-6-8-20(9-7-12)17(22)13-2-3-13/h4-5,10,12-13H,2-3,6-9,11H2,1H3. The van der Waals surface area contributed by atoms with Crippen LogP contribution in [0.2, 0.25) is 0 Å². The molecule has 0 radical (unpaired) electrons. The van der Waals surface area contributed by atoms with E-state index in [2.05, 4.69) is 0 Å². The summed E-state index contributed by atoms with van der Waals surface area (Å²) in [5, 5.41) is 0.569. The first-order chi connectivity index (χ1) is 12.6. The van der Waals surface area contributed by atoms with Gasteiger partial charge in [0.1, 0.15) is 0 Å². The van der Waals surface area contributed by atoms with Crippen molar-refractivity contribution in [2.75, 3.05) is 20.2 Å². The third kappa shape index (κ3) is 3.28. The van der Waals surface area contributed by atoms with Crippen LogP contribution in [0.3, 0.4) is 0 Å². The molecule has 7 heteroatoms. The molecule has 0 unspecified atom stereocenters. The third-order valence-electron chi connectivity index (χ3n) is 5.34. The molecule has 0 bridgehead atoms. The van der Waals surface area contributed by atoms with Gasteiger partial charge in [-0.15, -0.1) is 0 Å². The number of amides is 1. The average molecular weight is 374 g/mol. The van der Waals surface area contributed by atoms with Crippen molar-refractivity contribution in [2.45, 2.75) is 32.2 Å². The Morgan fingerprint density at radius 2 is 1.92 bits per heavy atom. The van der Waals surface area contributed by atoms with Crippen LogP contribution in [0.5, 0.6) is 0 Å². The molecule has 2 aliphatic rings. The predicted molar refractivity (Wildman–Crippen MR) is 99.5 cm³/mol. The van der Waals surface area contributed by atoms with Crippen LogP contribution in [0.4, 0.5) is 0 Å². The van der Waals surface area contributed by atoms with Crippen molar-refractivity contribution in [2.24, 2.45) is 11.8 Å². The lowest BCUT2D eigenvalue weighted by Gasteiger charge is -2.32. The van der Waals surface area contributed by atoms with Crippen molar-refractivity contribution in [1.29, 1.82) is 0 Å². The van der Waals surface area contributed by atoms with Crippen molar-refractivity contribution in [3.05, 3.63) is 34.1 Å². The number of hydrogen-bond acceptors (Lipinski definition) is 5. The predicted octanol–water partition coefficient (Wildman–Crippen LogP) is 2.50. The number of hydrogen-bond donors (Lipinski definition) is 0. The van der Waals surface area contributed by atoms with E-state index in [1.54, 1.807) is 22.2 Å². The molecule has 2 fully saturated rings. The zero-order chi connectivity index (χ0) is 18.3. The summed E-state index contributed by atoms with van der Waals surface area (Å²) in [4.78, 5) is 38.5. The van der Waals surface area contributed by atoms with E-state index >= 15 is 0 Å². The van der Waals surface area contributed by atoms with E-state index < -0.39 is 5.97 Å². The van der Waals surface area contributed by atoms with Gasteiger partial charge in [-0.1, -0.05) is 11.5 Å². The molecule has 2 heterocycles. The lowest BCUT2D eigenvalue weighted by atomic mass is 9.96. The summed E-state index contributed by atoms with van der Waals surface area (Å²) >= 11 is 1.44. The molecule has 1 aromatic carbocycles. The van der Waals surface area contributed by atoms with E-state index in [0.717, 1.165) is 43.5 Å². The number of ether oxygens (including phenoxy) is 1. The molecule has 0 atom stereocenters. The first-order valence-corrected chi connectivity index (χ1v) is 9.85. The van der Waals surface area contributed by atoms with Crippen LogP contribution in [0.25, 0.3) is 10.1 Å². The minimum Gasteiger partial charge on any atom is -0.465 e. The number of benzene rings is 1. The van der Waals surface area contributed by atoms with Gasteiger partial charge in [0.15, 0.2) is 0 Å². The number of carbonyl (C=O) groups is 2. The summed E-state index contributed by atoms with van der Waals surface area (Å²) in [6.07, 6.45) is 3.96. The fourth-order valence-electron chi connectivity index (χ4n) is 3.60. The molecule has 1 aromatic heterocycles. The molecule has 1 amide bonds. The Balaban J connectivity index is 1.46. The second-order valence-electron chi connectivity index (χ2n) is 7.20. The molecule has 1 aliphatic carbocycles. The number of carbonyl (C=O) groups excluding carboxylic acids is 2. The van der Waals surface area contributed by atoms with Gasteiger partial charge in [-0.2, -0.15) is 0 Å². The maximum Gasteiger partial charge on any atom is 0.337 e. The van der Waals surface area contributed by atoms with Gasteiger partial charge in [-0.3, -0.25) is 13.5 Å². The topological polar surface area (TPSA) is 68.6 Å². The number of methoxy groups -OCH3 is 1. The average Bonchev–Trinajstić information content (AvgIpc) is 3.47. The maximum atomic E-state index is 12.7. The molecule has 6 nitrogen and oxygen atoms in total. The minimum absolute atomic E-state index is 0.0489. The Bertz CT molecular complexity index is 904. The van der Waals surface area contributed by atoms with Crippen molar-refractivity contribution in [3.63, 3.8) is 0 Å². The largest absolute Gasteiger partial charge is 0.465 e. The second-order valence-corrected chi connectivity index (χ2v) is 8.27. The number of likely N-dealkylation sites (tertiary alicyclic amines) is 1. The van der Waals surface area contributed by atoms with E-state index in [1.165, 1.54) is 18.6 Å². The maximum absolute atomic E-state index is 12.7. The Morgan fingerprint density at radius 3 is 2.58 bits per heavy atom. The van der Waals surface area contributed by atoms with E-state index in [-0.39, 0.29) is 11.5 Å². The van der Waals surface area contributed by atoms with E-state index in [0.29, 0.717) is 29.3 Å². The Hall–Kier alpha value is -2.15. The monoisotopic (exact) mass is 374 g/mol. The fourth-order valence-corrected chi connectivity index (χ4v) is 4.67. The quantitative estimate of drug-likeness (QED) is 0.771. The van der Waals surface area contributed by atoms with E-state index in [9.17, 15) is 14.4 Å². The van der Waals surface area contributed by atoms with Crippen molar-refractivity contribution in [1.82, 2.24) is 8.86 Å². The second kappa shape index (κ2) is 6.87. The molecular weight excluding hydrogens is 352 g/mol. The number of esters is 1.